The molecule has 0 radical (unpaired) electrons. The minimum absolute atomic E-state index is 0.137. The van der Waals surface area contributed by atoms with Gasteiger partial charge in [0.25, 0.3) is 11.8 Å². The van der Waals surface area contributed by atoms with Crippen LogP contribution in [0.15, 0.2) is 47.7 Å². The fourth-order valence-electron chi connectivity index (χ4n) is 4.76. The van der Waals surface area contributed by atoms with Crippen LogP contribution in [0.5, 0.6) is 0 Å². The Balaban J connectivity index is 1.49. The van der Waals surface area contributed by atoms with Gasteiger partial charge < -0.3 is 4.57 Å². The minimum Gasteiger partial charge on any atom is -0.347 e. The average Bonchev–Trinajstić information content (AvgIpc) is 3.37. The number of allylic oxidation sites excluding steroid dienone is 2. The quantitative estimate of drug-likeness (QED) is 0.493. The lowest BCUT2D eigenvalue weighted by molar-refractivity contribution is -0.140. The molecule has 2 aromatic rings. The molecular formula is C20H19N3O2. The normalized spacial score (nSPS) is 30.4. The number of benzene rings is 1. The highest BCUT2D eigenvalue weighted by molar-refractivity contribution is 6.07. The first-order chi connectivity index (χ1) is 12.2. The topological polar surface area (TPSA) is 54.7 Å². The van der Waals surface area contributed by atoms with E-state index in [1.54, 1.807) is 6.21 Å². The molecule has 5 heteroatoms. The van der Waals surface area contributed by atoms with Gasteiger partial charge in [0, 0.05) is 29.2 Å². The molecule has 4 atom stereocenters. The van der Waals surface area contributed by atoms with Crippen molar-refractivity contribution in [2.24, 2.45) is 28.8 Å². The van der Waals surface area contributed by atoms with E-state index in [4.69, 9.17) is 0 Å². The SMILES string of the molecule is CCn1cc(/C=N\N2C(=O)[C@@H]3[C@@H](C2=O)[C@H]2C=C[C@H]3C2)c2ccccc21. The number of rotatable bonds is 3. The van der Waals surface area contributed by atoms with Crippen LogP contribution in [0.2, 0.25) is 0 Å². The van der Waals surface area contributed by atoms with Crippen molar-refractivity contribution in [2.75, 3.05) is 0 Å². The summed E-state index contributed by atoms with van der Waals surface area (Å²) in [5.74, 6) is -0.236. The molecule has 2 aliphatic carbocycles. The number of hydrogen-bond donors (Lipinski definition) is 0. The molecule has 0 unspecified atom stereocenters. The smallest absolute Gasteiger partial charge is 0.254 e. The predicted molar refractivity (Wildman–Crippen MR) is 94.8 cm³/mol. The molecule has 0 spiro atoms. The maximum absolute atomic E-state index is 12.7. The second kappa shape index (κ2) is 5.15. The van der Waals surface area contributed by atoms with Gasteiger partial charge in [-0.15, -0.1) is 0 Å². The van der Waals surface area contributed by atoms with Crippen LogP contribution >= 0.6 is 0 Å². The third-order valence-corrected chi connectivity index (χ3v) is 5.92. The maximum atomic E-state index is 12.7. The standard InChI is InChI=1S/C20H19N3O2/c1-2-22-11-14(15-5-3-4-6-16(15)22)10-21-23-19(24)17-12-7-8-13(9-12)18(17)20(23)25/h3-8,10-13,17-18H,2,9H2,1H3/b21-10-/t12-,13-,17-,18-/m0/s1. The fraction of sp³-hybridized carbons (Fsp3) is 0.350. The summed E-state index contributed by atoms with van der Waals surface area (Å²) in [5, 5.41) is 6.49. The number of aromatic nitrogens is 1. The van der Waals surface area contributed by atoms with Gasteiger partial charge in [-0.05, 0) is 31.2 Å². The van der Waals surface area contributed by atoms with Crippen molar-refractivity contribution in [3.63, 3.8) is 0 Å². The number of hydrazone groups is 1. The molecule has 1 aromatic heterocycles. The van der Waals surface area contributed by atoms with Gasteiger partial charge in [0.2, 0.25) is 0 Å². The third kappa shape index (κ3) is 1.92. The highest BCUT2D eigenvalue weighted by Gasteiger charge is 2.59. The number of aryl methyl sites for hydroxylation is 1. The Labute approximate surface area is 145 Å². The molecule has 1 aliphatic heterocycles. The van der Waals surface area contributed by atoms with Gasteiger partial charge in [0.15, 0.2) is 0 Å². The third-order valence-electron chi connectivity index (χ3n) is 5.92. The van der Waals surface area contributed by atoms with Crippen molar-refractivity contribution < 1.29 is 9.59 Å². The monoisotopic (exact) mass is 333 g/mol. The van der Waals surface area contributed by atoms with Crippen LogP contribution in [-0.2, 0) is 16.1 Å². The van der Waals surface area contributed by atoms with Crippen LogP contribution in [0.4, 0.5) is 0 Å². The average molecular weight is 333 g/mol. The second-order valence-corrected chi connectivity index (χ2v) is 7.12. The fourth-order valence-corrected chi connectivity index (χ4v) is 4.76. The molecule has 2 amide bonds. The summed E-state index contributed by atoms with van der Waals surface area (Å²) >= 11 is 0. The highest BCUT2D eigenvalue weighted by Crippen LogP contribution is 2.52. The Morgan fingerprint density at radius 3 is 2.48 bits per heavy atom. The molecule has 126 valence electrons. The minimum atomic E-state index is -0.198. The van der Waals surface area contributed by atoms with Crippen molar-refractivity contribution in [1.29, 1.82) is 0 Å². The van der Waals surface area contributed by atoms with Gasteiger partial charge in [-0.1, -0.05) is 30.4 Å². The number of imide groups is 1. The van der Waals surface area contributed by atoms with Crippen LogP contribution in [0.3, 0.4) is 0 Å². The van der Waals surface area contributed by atoms with E-state index in [-0.39, 0.29) is 35.5 Å². The zero-order chi connectivity index (χ0) is 17.1. The van der Waals surface area contributed by atoms with Crippen molar-refractivity contribution in [1.82, 2.24) is 9.58 Å². The molecule has 1 aromatic carbocycles. The molecule has 25 heavy (non-hydrogen) atoms. The number of para-hydroxylation sites is 1. The lowest BCUT2D eigenvalue weighted by atomic mass is 9.85. The Morgan fingerprint density at radius 1 is 1.12 bits per heavy atom. The van der Waals surface area contributed by atoms with Gasteiger partial charge in [0.05, 0.1) is 18.1 Å². The van der Waals surface area contributed by atoms with Gasteiger partial charge in [-0.3, -0.25) is 9.59 Å². The lowest BCUT2D eigenvalue weighted by Gasteiger charge is -2.13. The number of nitrogens with zero attached hydrogens (tertiary/aromatic N) is 3. The largest absolute Gasteiger partial charge is 0.347 e. The number of carbonyl (C=O) groups excluding carboxylic acids is 2. The number of carbonyl (C=O) groups is 2. The lowest BCUT2D eigenvalue weighted by Crippen LogP contribution is -2.28. The van der Waals surface area contributed by atoms with E-state index in [9.17, 15) is 9.59 Å². The Hall–Kier alpha value is -2.69. The zero-order valence-corrected chi connectivity index (χ0v) is 14.0. The predicted octanol–water partition coefficient (Wildman–Crippen LogP) is 2.80. The van der Waals surface area contributed by atoms with Gasteiger partial charge in [0.1, 0.15) is 0 Å². The summed E-state index contributed by atoms with van der Waals surface area (Å²) in [6, 6.07) is 8.10. The van der Waals surface area contributed by atoms with E-state index in [0.29, 0.717) is 0 Å². The van der Waals surface area contributed by atoms with E-state index in [2.05, 4.69) is 34.8 Å². The first-order valence-electron chi connectivity index (χ1n) is 8.87. The molecule has 5 rings (SSSR count). The van der Waals surface area contributed by atoms with E-state index in [0.717, 1.165) is 34.4 Å². The second-order valence-electron chi connectivity index (χ2n) is 7.12. The summed E-state index contributed by atoms with van der Waals surface area (Å²) in [6.45, 7) is 2.94. The first-order valence-corrected chi connectivity index (χ1v) is 8.87. The Bertz CT molecular complexity index is 925. The Morgan fingerprint density at radius 2 is 1.80 bits per heavy atom. The molecule has 2 heterocycles. The summed E-state index contributed by atoms with van der Waals surface area (Å²) in [4.78, 5) is 25.4. The van der Waals surface area contributed by atoms with Crippen molar-refractivity contribution in [3.8, 4) is 0 Å². The molecule has 2 fully saturated rings. The Kier molecular flexibility index (Phi) is 3.02. The number of hydrogen-bond acceptors (Lipinski definition) is 3. The van der Waals surface area contributed by atoms with Crippen LogP contribution in [0.25, 0.3) is 10.9 Å². The highest BCUT2D eigenvalue weighted by atomic mass is 16.2. The molecule has 3 aliphatic rings. The zero-order valence-electron chi connectivity index (χ0n) is 14.0. The maximum Gasteiger partial charge on any atom is 0.254 e. The van der Waals surface area contributed by atoms with Crippen LogP contribution in [0, 0.1) is 23.7 Å². The van der Waals surface area contributed by atoms with Gasteiger partial charge in [-0.25, -0.2) is 0 Å². The number of fused-ring (bicyclic) bond motifs is 6. The molecule has 2 bridgehead atoms. The van der Waals surface area contributed by atoms with E-state index in [1.807, 2.05) is 24.4 Å². The molecule has 5 nitrogen and oxygen atoms in total. The molecule has 0 N–H and O–H groups in total. The summed E-state index contributed by atoms with van der Waals surface area (Å²) in [5.41, 5.74) is 2.06. The van der Waals surface area contributed by atoms with E-state index in [1.165, 1.54) is 0 Å². The number of amides is 2. The molecule has 1 saturated heterocycles. The van der Waals surface area contributed by atoms with E-state index < -0.39 is 0 Å². The van der Waals surface area contributed by atoms with Gasteiger partial charge >= 0.3 is 0 Å². The molecule has 1 saturated carbocycles. The van der Waals surface area contributed by atoms with Crippen LogP contribution in [0.1, 0.15) is 18.9 Å². The van der Waals surface area contributed by atoms with Crippen molar-refractivity contribution in [3.05, 3.63) is 48.2 Å². The molecular weight excluding hydrogens is 314 g/mol. The van der Waals surface area contributed by atoms with Crippen molar-refractivity contribution >= 4 is 28.9 Å². The van der Waals surface area contributed by atoms with Gasteiger partial charge in [-0.2, -0.15) is 10.1 Å². The summed E-state index contributed by atoms with van der Waals surface area (Å²) in [7, 11) is 0. The summed E-state index contributed by atoms with van der Waals surface area (Å²) < 4.78 is 2.14. The van der Waals surface area contributed by atoms with Crippen LogP contribution < -0.4 is 0 Å². The van der Waals surface area contributed by atoms with Crippen molar-refractivity contribution in [2.45, 2.75) is 19.9 Å². The van der Waals surface area contributed by atoms with E-state index >= 15 is 0 Å². The van der Waals surface area contributed by atoms with Crippen LogP contribution in [-0.4, -0.2) is 27.6 Å². The first kappa shape index (κ1) is 14.6. The summed E-state index contributed by atoms with van der Waals surface area (Å²) in [6.07, 6.45) is 8.80.